The minimum absolute atomic E-state index is 0.0593. The van der Waals surface area contributed by atoms with E-state index < -0.39 is 0 Å². The number of nitrogens with one attached hydrogen (secondary N) is 2. The summed E-state index contributed by atoms with van der Waals surface area (Å²) in [7, 11) is 0. The van der Waals surface area contributed by atoms with Gasteiger partial charge in [0.2, 0.25) is 11.8 Å². The van der Waals surface area contributed by atoms with Crippen LogP contribution in [-0.2, 0) is 9.59 Å². The molecule has 0 atom stereocenters. The Balaban J connectivity index is 3.46. The van der Waals surface area contributed by atoms with E-state index in [4.69, 9.17) is 0 Å². The molecule has 0 aromatic heterocycles. The molecule has 22 heavy (non-hydrogen) atoms. The van der Waals surface area contributed by atoms with E-state index in [0.29, 0.717) is 25.9 Å². The van der Waals surface area contributed by atoms with Gasteiger partial charge in [0.05, 0.1) is 0 Å². The fourth-order valence-corrected chi connectivity index (χ4v) is 1.83. The van der Waals surface area contributed by atoms with Crippen molar-refractivity contribution < 1.29 is 9.59 Å². The van der Waals surface area contributed by atoms with Crippen molar-refractivity contribution >= 4 is 11.8 Å². The highest BCUT2D eigenvalue weighted by molar-refractivity contribution is 5.77. The molecule has 0 aromatic carbocycles. The zero-order valence-electron chi connectivity index (χ0n) is 14.2. The lowest BCUT2D eigenvalue weighted by Crippen LogP contribution is -2.24. The van der Waals surface area contributed by atoms with Crippen molar-refractivity contribution in [3.63, 3.8) is 0 Å². The fraction of sp³-hybridized carbons (Fsp3) is 0.667. The van der Waals surface area contributed by atoms with Crippen molar-refractivity contribution in [1.29, 1.82) is 0 Å². The maximum absolute atomic E-state index is 11.5. The molecule has 2 N–H and O–H groups in total. The standard InChI is InChI=1S/C18H32N2O2/c1-3-5-7-11-15-19-17(21)13-9-10-14-18(22)20-16-12-8-6-4-2/h7-8,11-12H,3-6,9-10,13-16H2,1-2H3,(H,19,21)(H,20,22)/b11-7+,12-8+. The molecule has 126 valence electrons. The summed E-state index contributed by atoms with van der Waals surface area (Å²) < 4.78 is 0. The van der Waals surface area contributed by atoms with Gasteiger partial charge in [-0.2, -0.15) is 0 Å². The first kappa shape index (κ1) is 20.4. The predicted molar refractivity (Wildman–Crippen MR) is 92.6 cm³/mol. The molecule has 0 aromatic rings. The zero-order valence-corrected chi connectivity index (χ0v) is 14.2. The molecule has 0 fully saturated rings. The summed E-state index contributed by atoms with van der Waals surface area (Å²) in [4.78, 5) is 23.1. The van der Waals surface area contributed by atoms with E-state index in [1.54, 1.807) is 0 Å². The molecule has 0 radical (unpaired) electrons. The lowest BCUT2D eigenvalue weighted by Gasteiger charge is -2.03. The fourth-order valence-electron chi connectivity index (χ4n) is 1.83. The Morgan fingerprint density at radius 2 is 1.14 bits per heavy atom. The van der Waals surface area contributed by atoms with Crippen LogP contribution in [0.15, 0.2) is 24.3 Å². The van der Waals surface area contributed by atoms with Crippen molar-refractivity contribution in [3.8, 4) is 0 Å². The third kappa shape index (κ3) is 14.8. The van der Waals surface area contributed by atoms with E-state index in [9.17, 15) is 9.59 Å². The van der Waals surface area contributed by atoms with Gasteiger partial charge in [0.15, 0.2) is 0 Å². The van der Waals surface area contributed by atoms with E-state index in [1.165, 1.54) is 0 Å². The molecule has 0 heterocycles. The first-order valence-electron chi connectivity index (χ1n) is 8.54. The maximum atomic E-state index is 11.5. The highest BCUT2D eigenvalue weighted by Crippen LogP contribution is 2.00. The topological polar surface area (TPSA) is 58.2 Å². The van der Waals surface area contributed by atoms with Crippen LogP contribution >= 0.6 is 0 Å². The lowest BCUT2D eigenvalue weighted by molar-refractivity contribution is -0.122. The summed E-state index contributed by atoms with van der Waals surface area (Å²) in [6.45, 7) is 5.45. The number of allylic oxidation sites excluding steroid dienone is 2. The lowest BCUT2D eigenvalue weighted by atomic mass is 10.2. The minimum atomic E-state index is 0.0593. The first-order valence-corrected chi connectivity index (χ1v) is 8.54. The molecule has 0 bridgehead atoms. The number of unbranched alkanes of at least 4 members (excludes halogenated alkanes) is 3. The van der Waals surface area contributed by atoms with Crippen molar-refractivity contribution in [2.24, 2.45) is 0 Å². The molecular weight excluding hydrogens is 276 g/mol. The van der Waals surface area contributed by atoms with Crippen LogP contribution in [0.1, 0.15) is 65.2 Å². The molecule has 0 aliphatic heterocycles. The van der Waals surface area contributed by atoms with Gasteiger partial charge in [-0.05, 0) is 25.7 Å². The Morgan fingerprint density at radius 3 is 1.50 bits per heavy atom. The van der Waals surface area contributed by atoms with Gasteiger partial charge in [-0.15, -0.1) is 0 Å². The number of rotatable bonds is 13. The smallest absolute Gasteiger partial charge is 0.220 e. The van der Waals surface area contributed by atoms with E-state index in [2.05, 4.69) is 36.6 Å². The molecule has 0 spiro atoms. The quantitative estimate of drug-likeness (QED) is 0.404. The Kier molecular flexibility index (Phi) is 14.7. The Morgan fingerprint density at radius 1 is 0.727 bits per heavy atom. The number of carbonyl (C=O) groups is 2. The molecule has 4 heteroatoms. The van der Waals surface area contributed by atoms with Gasteiger partial charge in [0.1, 0.15) is 0 Å². The van der Waals surface area contributed by atoms with E-state index >= 15 is 0 Å². The molecule has 0 aliphatic carbocycles. The number of carbonyl (C=O) groups excluding carboxylic acids is 2. The summed E-state index contributed by atoms with van der Waals surface area (Å²) >= 11 is 0. The summed E-state index contributed by atoms with van der Waals surface area (Å²) in [6.07, 6.45) is 15.0. The van der Waals surface area contributed by atoms with E-state index in [1.807, 2.05) is 12.2 Å². The highest BCUT2D eigenvalue weighted by atomic mass is 16.2. The van der Waals surface area contributed by atoms with Gasteiger partial charge in [-0.3, -0.25) is 9.59 Å². The second-order valence-electron chi connectivity index (χ2n) is 5.34. The normalized spacial score (nSPS) is 11.2. The summed E-state index contributed by atoms with van der Waals surface area (Å²) in [5.74, 6) is 0.119. The van der Waals surface area contributed by atoms with Crippen LogP contribution in [0, 0.1) is 0 Å². The molecule has 4 nitrogen and oxygen atoms in total. The van der Waals surface area contributed by atoms with Crippen LogP contribution in [0.2, 0.25) is 0 Å². The maximum Gasteiger partial charge on any atom is 0.220 e. The summed E-state index contributed by atoms with van der Waals surface area (Å²) in [5.41, 5.74) is 0. The van der Waals surface area contributed by atoms with Crippen LogP contribution in [-0.4, -0.2) is 24.9 Å². The van der Waals surface area contributed by atoms with Gasteiger partial charge in [0.25, 0.3) is 0 Å². The number of hydrogen-bond acceptors (Lipinski definition) is 2. The van der Waals surface area contributed by atoms with Crippen molar-refractivity contribution in [2.75, 3.05) is 13.1 Å². The zero-order chi connectivity index (χ0) is 16.5. The monoisotopic (exact) mass is 308 g/mol. The van der Waals surface area contributed by atoms with Gasteiger partial charge in [-0.25, -0.2) is 0 Å². The molecule has 0 unspecified atom stereocenters. The molecular formula is C18H32N2O2. The molecule has 0 saturated heterocycles. The second-order valence-corrected chi connectivity index (χ2v) is 5.34. The molecule has 0 saturated carbocycles. The Labute approximate surface area is 135 Å². The van der Waals surface area contributed by atoms with Crippen LogP contribution in [0.4, 0.5) is 0 Å². The minimum Gasteiger partial charge on any atom is -0.353 e. The number of amides is 2. The largest absolute Gasteiger partial charge is 0.353 e. The van der Waals surface area contributed by atoms with Crippen LogP contribution in [0.5, 0.6) is 0 Å². The van der Waals surface area contributed by atoms with Gasteiger partial charge in [-0.1, -0.05) is 51.0 Å². The average Bonchev–Trinajstić information content (AvgIpc) is 2.51. The number of hydrogen-bond donors (Lipinski definition) is 2. The van der Waals surface area contributed by atoms with Crippen LogP contribution < -0.4 is 10.6 Å². The first-order chi connectivity index (χ1) is 10.7. The van der Waals surface area contributed by atoms with E-state index in [-0.39, 0.29) is 11.8 Å². The van der Waals surface area contributed by atoms with Gasteiger partial charge in [0, 0.05) is 25.9 Å². The molecule has 0 aliphatic rings. The second kappa shape index (κ2) is 15.8. The van der Waals surface area contributed by atoms with Crippen LogP contribution in [0.25, 0.3) is 0 Å². The van der Waals surface area contributed by atoms with E-state index in [0.717, 1.165) is 38.5 Å². The summed E-state index contributed by atoms with van der Waals surface area (Å²) in [5, 5.41) is 5.70. The van der Waals surface area contributed by atoms with Crippen molar-refractivity contribution in [2.45, 2.75) is 65.2 Å². The Hall–Kier alpha value is -1.58. The van der Waals surface area contributed by atoms with Crippen LogP contribution in [0.3, 0.4) is 0 Å². The third-order valence-electron chi connectivity index (χ3n) is 3.14. The van der Waals surface area contributed by atoms with Crippen molar-refractivity contribution in [3.05, 3.63) is 24.3 Å². The molecule has 2 amide bonds. The Bertz CT molecular complexity index is 315. The average molecular weight is 308 g/mol. The van der Waals surface area contributed by atoms with Gasteiger partial charge >= 0.3 is 0 Å². The highest BCUT2D eigenvalue weighted by Gasteiger charge is 2.02. The van der Waals surface area contributed by atoms with Gasteiger partial charge < -0.3 is 10.6 Å². The third-order valence-corrected chi connectivity index (χ3v) is 3.14. The molecule has 0 rings (SSSR count). The van der Waals surface area contributed by atoms with Crippen molar-refractivity contribution in [1.82, 2.24) is 10.6 Å². The SMILES string of the molecule is CCC/C=C/CNC(=O)CCCCC(=O)NC/C=C/CCC. The summed E-state index contributed by atoms with van der Waals surface area (Å²) in [6, 6.07) is 0. The predicted octanol–water partition coefficient (Wildman–Crippen LogP) is 3.49.